The Labute approximate surface area is 161 Å². The van der Waals surface area contributed by atoms with E-state index in [1.807, 2.05) is 0 Å². The molecular weight excluding hydrogens is 401 g/mol. The largest absolute Gasteiger partial charge is 0.437 e. The van der Waals surface area contributed by atoms with Crippen LogP contribution in [0.15, 0.2) is 0 Å². The van der Waals surface area contributed by atoms with Crippen LogP contribution in [-0.4, -0.2) is 54.0 Å². The van der Waals surface area contributed by atoms with E-state index in [9.17, 15) is 5.11 Å². The van der Waals surface area contributed by atoms with E-state index >= 15 is 0 Å². The summed E-state index contributed by atoms with van der Waals surface area (Å²) in [7, 11) is -10.4. The Morgan fingerprint density at radius 2 is 1.00 bits per heavy atom. The molecule has 0 saturated heterocycles. The first-order chi connectivity index (χ1) is 10.8. The fraction of sp³-hybridized carbons (Fsp3) is 1.00. The van der Waals surface area contributed by atoms with Gasteiger partial charge in [0.1, 0.15) is 0 Å². The van der Waals surface area contributed by atoms with Crippen LogP contribution in [0.2, 0.25) is 78.1 Å². The van der Waals surface area contributed by atoms with Gasteiger partial charge in [-0.3, -0.25) is 0 Å². The number of hydrogen-bond donors (Lipinski definition) is 1. The minimum absolute atomic E-state index is 0.208. The number of rotatable bonds is 11. The van der Waals surface area contributed by atoms with Gasteiger partial charge in [-0.25, -0.2) is 0 Å². The maximum Gasteiger partial charge on any atom is 0.314 e. The van der Waals surface area contributed by atoms with Crippen molar-refractivity contribution in [1.29, 1.82) is 0 Å². The van der Waals surface area contributed by atoms with Crippen molar-refractivity contribution in [3.8, 4) is 0 Å². The highest BCUT2D eigenvalue weighted by molar-refractivity contribution is 6.90. The molecule has 0 saturated carbocycles. The summed E-state index contributed by atoms with van der Waals surface area (Å²) < 4.78 is 25.8. The Morgan fingerprint density at radius 3 is 1.36 bits per heavy atom. The van der Waals surface area contributed by atoms with E-state index in [2.05, 4.69) is 78.9 Å². The summed E-state index contributed by atoms with van der Waals surface area (Å²) in [5.41, 5.74) is 0. The average Bonchev–Trinajstić information content (AvgIpc) is 2.17. The quantitative estimate of drug-likeness (QED) is 0.464. The molecule has 0 aliphatic carbocycles. The normalized spacial score (nSPS) is 16.2. The molecule has 1 unspecified atom stereocenters. The lowest BCUT2D eigenvalue weighted by Gasteiger charge is -2.42. The van der Waals surface area contributed by atoms with Crippen molar-refractivity contribution in [2.24, 2.45) is 5.92 Å². The van der Waals surface area contributed by atoms with Gasteiger partial charge in [-0.2, -0.15) is 0 Å². The molecule has 25 heavy (non-hydrogen) atoms. The number of aliphatic hydroxyl groups excluding tert-OH is 1. The van der Waals surface area contributed by atoms with Gasteiger partial charge in [-0.05, 0) is 84.0 Å². The molecule has 0 radical (unpaired) electrons. The number of aliphatic hydroxyl groups is 1. The van der Waals surface area contributed by atoms with Gasteiger partial charge in [0.2, 0.25) is 0 Å². The van der Waals surface area contributed by atoms with Gasteiger partial charge >= 0.3 is 25.7 Å². The predicted molar refractivity (Wildman–Crippen MR) is 119 cm³/mol. The molecule has 0 aliphatic heterocycles. The molecule has 5 nitrogen and oxygen atoms in total. The van der Waals surface area contributed by atoms with Crippen molar-refractivity contribution in [2.45, 2.75) is 85.0 Å². The maximum absolute atomic E-state index is 9.33. The summed E-state index contributed by atoms with van der Waals surface area (Å²) >= 11 is 0. The zero-order chi connectivity index (χ0) is 20.3. The summed E-state index contributed by atoms with van der Waals surface area (Å²) in [6.45, 7) is 25.9. The molecule has 0 heterocycles. The molecule has 0 aromatic carbocycles. The minimum Gasteiger partial charge on any atom is -0.437 e. The van der Waals surface area contributed by atoms with E-state index < -0.39 is 42.3 Å². The van der Waals surface area contributed by atoms with Crippen molar-refractivity contribution >= 4 is 42.3 Å². The summed E-state index contributed by atoms with van der Waals surface area (Å²) in [4.78, 5) is 0. The summed E-state index contributed by atoms with van der Waals surface area (Å²) in [6, 6.07) is 0.936. The van der Waals surface area contributed by atoms with Crippen molar-refractivity contribution in [3.63, 3.8) is 0 Å². The van der Waals surface area contributed by atoms with Gasteiger partial charge < -0.3 is 21.6 Å². The second-order valence-electron chi connectivity index (χ2n) is 9.97. The molecule has 0 aromatic heterocycles. The fourth-order valence-corrected chi connectivity index (χ4v) is 28.1. The molecular formula is C15H42O5Si5. The van der Waals surface area contributed by atoms with Crippen LogP contribution in [0, 0.1) is 5.92 Å². The average molecular weight is 443 g/mol. The molecule has 0 fully saturated rings. The highest BCUT2D eigenvalue weighted by Crippen LogP contribution is 2.28. The predicted octanol–water partition coefficient (Wildman–Crippen LogP) is 4.83. The van der Waals surface area contributed by atoms with E-state index in [1.165, 1.54) is 0 Å². The zero-order valence-electron chi connectivity index (χ0n) is 18.6. The van der Waals surface area contributed by atoms with Crippen LogP contribution >= 0.6 is 0 Å². The first-order valence-electron chi connectivity index (χ1n) is 9.20. The highest BCUT2D eigenvalue weighted by Gasteiger charge is 2.45. The zero-order valence-corrected chi connectivity index (χ0v) is 23.6. The van der Waals surface area contributed by atoms with Gasteiger partial charge in [0.05, 0.1) is 0 Å². The first kappa shape index (κ1) is 25.9. The molecule has 0 aliphatic rings. The van der Waals surface area contributed by atoms with Crippen molar-refractivity contribution in [2.75, 3.05) is 6.61 Å². The molecule has 10 heteroatoms. The lowest BCUT2D eigenvalue weighted by atomic mass is 10.2. The first-order valence-corrected chi connectivity index (χ1v) is 24.2. The van der Waals surface area contributed by atoms with E-state index in [4.69, 9.17) is 16.5 Å². The van der Waals surface area contributed by atoms with Crippen LogP contribution in [0.25, 0.3) is 0 Å². The van der Waals surface area contributed by atoms with Crippen LogP contribution in [0.1, 0.15) is 6.92 Å². The summed E-state index contributed by atoms with van der Waals surface area (Å²) in [6.07, 6.45) is 0. The highest BCUT2D eigenvalue weighted by atomic mass is 28.5. The number of hydrogen-bond acceptors (Lipinski definition) is 5. The van der Waals surface area contributed by atoms with Gasteiger partial charge in [-0.15, -0.1) is 0 Å². The maximum atomic E-state index is 9.33. The molecule has 0 spiro atoms. The van der Waals surface area contributed by atoms with Crippen LogP contribution < -0.4 is 0 Å². The van der Waals surface area contributed by atoms with Crippen molar-refractivity contribution in [1.82, 2.24) is 0 Å². The third kappa shape index (κ3) is 12.8. The standard InChI is InChI=1S/C15H42O5Si5/c1-15(13-16)14-22(5,6)18-24(9,10)20-25(11,12)19-23(7,8)17-21(2,3)4/h15-16H,13-14H2,1-12H3. The Hall–Kier alpha value is 0.884. The monoisotopic (exact) mass is 442 g/mol. The lowest BCUT2D eigenvalue weighted by molar-refractivity contribution is 0.242. The van der Waals surface area contributed by atoms with E-state index in [0.717, 1.165) is 6.04 Å². The fourth-order valence-electron chi connectivity index (χ4n) is 3.59. The summed E-state index contributed by atoms with van der Waals surface area (Å²) in [5.74, 6) is 0.268. The molecule has 0 amide bonds. The van der Waals surface area contributed by atoms with Gasteiger partial charge in [0.15, 0.2) is 16.6 Å². The topological polar surface area (TPSA) is 57.2 Å². The van der Waals surface area contributed by atoms with E-state index in [0.29, 0.717) is 0 Å². The molecule has 1 N–H and O–H groups in total. The van der Waals surface area contributed by atoms with E-state index in [1.54, 1.807) is 0 Å². The molecule has 152 valence electrons. The van der Waals surface area contributed by atoms with Crippen LogP contribution in [0.4, 0.5) is 0 Å². The minimum atomic E-state index is -2.35. The SMILES string of the molecule is CC(CO)C[Si](C)(C)O[Si](C)(C)O[Si](C)(C)O[Si](C)(C)O[Si](C)(C)C. The van der Waals surface area contributed by atoms with Gasteiger partial charge in [0, 0.05) is 6.61 Å². The lowest BCUT2D eigenvalue weighted by Crippen LogP contribution is -2.58. The van der Waals surface area contributed by atoms with Crippen LogP contribution in [0.5, 0.6) is 0 Å². The van der Waals surface area contributed by atoms with Crippen LogP contribution in [0.3, 0.4) is 0 Å². The molecule has 1 atom stereocenters. The van der Waals surface area contributed by atoms with E-state index in [-0.39, 0.29) is 12.5 Å². The third-order valence-electron chi connectivity index (χ3n) is 3.21. The molecule has 0 rings (SSSR count). The summed E-state index contributed by atoms with van der Waals surface area (Å²) in [5, 5.41) is 9.33. The Kier molecular flexibility index (Phi) is 9.24. The second-order valence-corrected chi connectivity index (χ2v) is 29.8. The Morgan fingerprint density at radius 1 is 0.640 bits per heavy atom. The van der Waals surface area contributed by atoms with Gasteiger partial charge in [0.25, 0.3) is 0 Å². The second kappa shape index (κ2) is 8.92. The van der Waals surface area contributed by atoms with Crippen molar-refractivity contribution < 1.29 is 21.6 Å². The Bertz CT molecular complexity index is 421. The van der Waals surface area contributed by atoms with Gasteiger partial charge in [-0.1, -0.05) is 6.92 Å². The third-order valence-corrected chi connectivity index (χ3v) is 21.3. The van der Waals surface area contributed by atoms with Crippen molar-refractivity contribution in [3.05, 3.63) is 0 Å². The Balaban J connectivity index is 4.95. The molecule has 0 bridgehead atoms. The molecule has 0 aromatic rings. The smallest absolute Gasteiger partial charge is 0.314 e. The van der Waals surface area contributed by atoms with Crippen LogP contribution in [-0.2, 0) is 16.5 Å².